The maximum absolute atomic E-state index is 6.24. The number of nitrogens with two attached hydrogens (primary N) is 1. The minimum atomic E-state index is -0.207. The lowest BCUT2D eigenvalue weighted by molar-refractivity contribution is 0.870. The highest BCUT2D eigenvalue weighted by Gasteiger charge is 2.11. The Morgan fingerprint density at radius 3 is 1.56 bits per heavy atom. The molecule has 0 amide bonds. The van der Waals surface area contributed by atoms with E-state index >= 15 is 0 Å². The summed E-state index contributed by atoms with van der Waals surface area (Å²) >= 11 is 12.2. The van der Waals surface area contributed by atoms with Crippen molar-refractivity contribution < 1.29 is 0 Å². The summed E-state index contributed by atoms with van der Waals surface area (Å²) in [6, 6.07) is 11.6. The van der Waals surface area contributed by atoms with Gasteiger partial charge in [-0.1, -0.05) is 47.5 Å². The maximum Gasteiger partial charge on any atom is 0.0552 e. The van der Waals surface area contributed by atoms with Crippen LogP contribution in [-0.4, -0.2) is 0 Å². The lowest BCUT2D eigenvalue weighted by Crippen LogP contribution is -2.12. The Morgan fingerprint density at radius 1 is 0.833 bits per heavy atom. The van der Waals surface area contributed by atoms with Gasteiger partial charge in [0, 0.05) is 10.0 Å². The summed E-state index contributed by atoms with van der Waals surface area (Å²) in [6.07, 6.45) is 0. The van der Waals surface area contributed by atoms with Crippen LogP contribution in [0.15, 0.2) is 36.4 Å². The van der Waals surface area contributed by atoms with Gasteiger partial charge in [-0.05, 0) is 48.2 Å². The fraction of sp³-hybridized carbons (Fsp3) is 0.200. The van der Waals surface area contributed by atoms with Crippen LogP contribution in [0.4, 0.5) is 0 Å². The van der Waals surface area contributed by atoms with Gasteiger partial charge < -0.3 is 5.73 Å². The molecule has 3 heteroatoms. The molecule has 0 saturated heterocycles. The third-order valence-electron chi connectivity index (χ3n) is 3.11. The molecule has 2 aromatic rings. The monoisotopic (exact) mass is 279 g/mol. The molecular formula is C15H15Cl2N. The van der Waals surface area contributed by atoms with Gasteiger partial charge in [0.2, 0.25) is 0 Å². The molecule has 94 valence electrons. The van der Waals surface area contributed by atoms with Gasteiger partial charge in [0.15, 0.2) is 0 Å². The Balaban J connectivity index is 2.37. The van der Waals surface area contributed by atoms with E-state index in [4.69, 9.17) is 28.9 Å². The molecule has 0 radical (unpaired) electrons. The van der Waals surface area contributed by atoms with Crippen LogP contribution in [0.5, 0.6) is 0 Å². The van der Waals surface area contributed by atoms with Crippen LogP contribution in [0.1, 0.15) is 28.3 Å². The molecule has 0 saturated carbocycles. The molecule has 0 aliphatic carbocycles. The van der Waals surface area contributed by atoms with E-state index in [-0.39, 0.29) is 6.04 Å². The Morgan fingerprint density at radius 2 is 1.22 bits per heavy atom. The van der Waals surface area contributed by atoms with Gasteiger partial charge >= 0.3 is 0 Å². The van der Waals surface area contributed by atoms with Gasteiger partial charge in [0.1, 0.15) is 0 Å². The van der Waals surface area contributed by atoms with Crippen LogP contribution in [-0.2, 0) is 0 Å². The zero-order valence-corrected chi connectivity index (χ0v) is 11.9. The molecule has 2 rings (SSSR count). The van der Waals surface area contributed by atoms with E-state index in [2.05, 4.69) is 0 Å². The summed E-state index contributed by atoms with van der Waals surface area (Å²) < 4.78 is 0. The largest absolute Gasteiger partial charge is 0.320 e. The Hall–Kier alpha value is -1.02. The van der Waals surface area contributed by atoms with Crippen molar-refractivity contribution in [2.75, 3.05) is 0 Å². The Kier molecular flexibility index (Phi) is 3.96. The van der Waals surface area contributed by atoms with Crippen LogP contribution in [0.25, 0.3) is 0 Å². The summed E-state index contributed by atoms with van der Waals surface area (Å²) in [5.41, 5.74) is 10.3. The van der Waals surface area contributed by atoms with E-state index in [1.165, 1.54) is 0 Å². The van der Waals surface area contributed by atoms with Crippen molar-refractivity contribution in [3.63, 3.8) is 0 Å². The predicted molar refractivity (Wildman–Crippen MR) is 78.4 cm³/mol. The van der Waals surface area contributed by atoms with Gasteiger partial charge in [0.05, 0.1) is 6.04 Å². The first kappa shape index (κ1) is 13.4. The SMILES string of the molecule is Cc1ccc(C(N)c2ccc(C)c(Cl)c2)cc1Cl. The second-order valence-electron chi connectivity index (χ2n) is 4.49. The quantitative estimate of drug-likeness (QED) is 0.850. The highest BCUT2D eigenvalue weighted by atomic mass is 35.5. The zero-order chi connectivity index (χ0) is 13.3. The summed E-state index contributed by atoms with van der Waals surface area (Å²) in [4.78, 5) is 0. The van der Waals surface area contributed by atoms with Crippen molar-refractivity contribution in [1.29, 1.82) is 0 Å². The third kappa shape index (κ3) is 2.69. The fourth-order valence-electron chi connectivity index (χ4n) is 1.80. The van der Waals surface area contributed by atoms with Crippen molar-refractivity contribution in [3.8, 4) is 0 Å². The van der Waals surface area contributed by atoms with Gasteiger partial charge in [-0.25, -0.2) is 0 Å². The summed E-state index contributed by atoms with van der Waals surface area (Å²) in [5.74, 6) is 0. The van der Waals surface area contributed by atoms with Gasteiger partial charge in [0.25, 0.3) is 0 Å². The van der Waals surface area contributed by atoms with Crippen LogP contribution >= 0.6 is 23.2 Å². The average molecular weight is 280 g/mol. The van der Waals surface area contributed by atoms with E-state index in [1.54, 1.807) is 0 Å². The maximum atomic E-state index is 6.24. The fourth-order valence-corrected chi connectivity index (χ4v) is 2.18. The van der Waals surface area contributed by atoms with Crippen LogP contribution in [0.2, 0.25) is 10.0 Å². The van der Waals surface area contributed by atoms with Crippen molar-refractivity contribution >= 4 is 23.2 Å². The number of rotatable bonds is 2. The molecule has 1 nitrogen and oxygen atoms in total. The first-order valence-corrected chi connectivity index (χ1v) is 6.52. The molecule has 0 atom stereocenters. The van der Waals surface area contributed by atoms with Gasteiger partial charge in [-0.3, -0.25) is 0 Å². The first-order valence-electron chi connectivity index (χ1n) is 5.76. The number of hydrogen-bond acceptors (Lipinski definition) is 1. The summed E-state index contributed by atoms with van der Waals surface area (Å²) in [5, 5.41) is 1.47. The molecule has 0 fully saturated rings. The molecule has 0 aliphatic heterocycles. The van der Waals surface area contributed by atoms with E-state index in [9.17, 15) is 0 Å². The van der Waals surface area contributed by atoms with Crippen LogP contribution in [0, 0.1) is 13.8 Å². The molecule has 0 bridgehead atoms. The van der Waals surface area contributed by atoms with E-state index in [0.717, 1.165) is 32.3 Å². The number of benzene rings is 2. The average Bonchev–Trinajstić information content (AvgIpc) is 2.35. The first-order chi connectivity index (χ1) is 8.49. The van der Waals surface area contributed by atoms with Crippen molar-refractivity contribution in [3.05, 3.63) is 68.7 Å². The van der Waals surface area contributed by atoms with Crippen molar-refractivity contribution in [2.45, 2.75) is 19.9 Å². The summed E-state index contributed by atoms with van der Waals surface area (Å²) in [7, 11) is 0. The normalized spacial score (nSPS) is 11.0. The highest BCUT2D eigenvalue weighted by molar-refractivity contribution is 6.31. The molecule has 0 aromatic heterocycles. The highest BCUT2D eigenvalue weighted by Crippen LogP contribution is 2.27. The van der Waals surface area contributed by atoms with Gasteiger partial charge in [-0.15, -0.1) is 0 Å². The third-order valence-corrected chi connectivity index (χ3v) is 3.92. The number of halogens is 2. The number of hydrogen-bond donors (Lipinski definition) is 1. The molecule has 0 aliphatic rings. The lowest BCUT2D eigenvalue weighted by atomic mass is 9.98. The Bertz CT molecular complexity index is 527. The van der Waals surface area contributed by atoms with Crippen molar-refractivity contribution in [1.82, 2.24) is 0 Å². The molecule has 2 aromatic carbocycles. The van der Waals surface area contributed by atoms with Gasteiger partial charge in [-0.2, -0.15) is 0 Å². The second-order valence-corrected chi connectivity index (χ2v) is 5.31. The van der Waals surface area contributed by atoms with Crippen LogP contribution in [0.3, 0.4) is 0 Å². The molecule has 18 heavy (non-hydrogen) atoms. The van der Waals surface area contributed by atoms with E-state index in [1.807, 2.05) is 50.2 Å². The van der Waals surface area contributed by atoms with E-state index < -0.39 is 0 Å². The smallest absolute Gasteiger partial charge is 0.0552 e. The summed E-state index contributed by atoms with van der Waals surface area (Å²) in [6.45, 7) is 3.95. The number of aryl methyl sites for hydroxylation is 2. The van der Waals surface area contributed by atoms with Crippen molar-refractivity contribution in [2.24, 2.45) is 5.73 Å². The molecular weight excluding hydrogens is 265 g/mol. The standard InChI is InChI=1S/C15H15Cl2N/c1-9-3-5-11(7-13(9)16)15(18)12-6-4-10(2)14(17)8-12/h3-8,15H,18H2,1-2H3. The molecule has 0 spiro atoms. The lowest BCUT2D eigenvalue weighted by Gasteiger charge is -2.14. The predicted octanol–water partition coefficient (Wildman–Crippen LogP) is 4.66. The topological polar surface area (TPSA) is 26.0 Å². The molecule has 2 N–H and O–H groups in total. The molecule has 0 heterocycles. The Labute approximate surface area is 118 Å². The molecule has 0 unspecified atom stereocenters. The minimum absolute atomic E-state index is 0.207. The second kappa shape index (κ2) is 5.31. The van der Waals surface area contributed by atoms with Crippen LogP contribution < -0.4 is 5.73 Å². The minimum Gasteiger partial charge on any atom is -0.320 e. The zero-order valence-electron chi connectivity index (χ0n) is 10.4. The van der Waals surface area contributed by atoms with E-state index in [0.29, 0.717) is 0 Å².